The van der Waals surface area contributed by atoms with Crippen molar-refractivity contribution in [2.75, 3.05) is 0 Å². The minimum Gasteiger partial charge on any atom is -0.508 e. The normalized spacial score (nSPS) is 11.6. The quantitative estimate of drug-likeness (QED) is 0.250. The van der Waals surface area contributed by atoms with Crippen molar-refractivity contribution in [3.05, 3.63) is 29.6 Å². The van der Waals surface area contributed by atoms with E-state index >= 15 is 0 Å². The predicted octanol–water partition coefficient (Wildman–Crippen LogP) is 0.626. The first-order valence-electron chi connectivity index (χ1n) is 3.11. The van der Waals surface area contributed by atoms with Crippen LogP contribution in [0.2, 0.25) is 0 Å². The average molecular weight is 170 g/mol. The van der Waals surface area contributed by atoms with E-state index in [2.05, 4.69) is 5.16 Å². The van der Waals surface area contributed by atoms with Gasteiger partial charge in [0, 0.05) is 6.07 Å². The second-order valence-corrected chi connectivity index (χ2v) is 2.15. The lowest BCUT2D eigenvalue weighted by atomic mass is 10.2. The third-order valence-electron chi connectivity index (χ3n) is 1.34. The lowest BCUT2D eigenvalue weighted by Gasteiger charge is -1.99. The van der Waals surface area contributed by atoms with Crippen molar-refractivity contribution in [1.29, 1.82) is 0 Å². The first-order chi connectivity index (χ1) is 5.65. The average Bonchev–Trinajstić information content (AvgIpc) is 2.03. The molecule has 12 heavy (non-hydrogen) atoms. The predicted molar refractivity (Wildman–Crippen MR) is 40.6 cm³/mol. The van der Waals surface area contributed by atoms with E-state index in [9.17, 15) is 4.39 Å². The fraction of sp³-hybridized carbons (Fsp3) is 0. The number of rotatable bonds is 1. The third-order valence-corrected chi connectivity index (χ3v) is 1.34. The maximum Gasteiger partial charge on any atom is 0.173 e. The Kier molecular flexibility index (Phi) is 2.14. The van der Waals surface area contributed by atoms with Crippen LogP contribution in [-0.4, -0.2) is 16.1 Å². The molecule has 0 atom stereocenters. The Morgan fingerprint density at radius 1 is 1.50 bits per heavy atom. The van der Waals surface area contributed by atoms with E-state index in [0.29, 0.717) is 0 Å². The fourth-order valence-electron chi connectivity index (χ4n) is 0.766. The molecule has 0 fully saturated rings. The molecular formula is C7H7FN2O2. The first-order valence-corrected chi connectivity index (χ1v) is 3.11. The highest BCUT2D eigenvalue weighted by atomic mass is 19.1. The first kappa shape index (κ1) is 8.32. The van der Waals surface area contributed by atoms with Crippen LogP contribution in [0, 0.1) is 5.82 Å². The van der Waals surface area contributed by atoms with Crippen molar-refractivity contribution in [2.45, 2.75) is 0 Å². The number of aromatic hydroxyl groups is 1. The molecule has 0 aromatic heterocycles. The van der Waals surface area contributed by atoms with E-state index in [1.807, 2.05) is 0 Å². The molecule has 0 saturated carbocycles. The lowest BCUT2D eigenvalue weighted by Crippen LogP contribution is -2.14. The van der Waals surface area contributed by atoms with E-state index in [4.69, 9.17) is 16.0 Å². The van der Waals surface area contributed by atoms with Crippen LogP contribution >= 0.6 is 0 Å². The van der Waals surface area contributed by atoms with Gasteiger partial charge in [-0.05, 0) is 12.1 Å². The van der Waals surface area contributed by atoms with Crippen molar-refractivity contribution in [2.24, 2.45) is 10.9 Å². The van der Waals surface area contributed by atoms with E-state index in [-0.39, 0.29) is 17.1 Å². The van der Waals surface area contributed by atoms with Gasteiger partial charge in [-0.15, -0.1) is 0 Å². The van der Waals surface area contributed by atoms with Crippen LogP contribution in [0.15, 0.2) is 23.4 Å². The molecule has 4 N–H and O–H groups in total. The summed E-state index contributed by atoms with van der Waals surface area (Å²) in [5, 5.41) is 19.6. The van der Waals surface area contributed by atoms with Gasteiger partial charge in [0.15, 0.2) is 5.84 Å². The zero-order valence-electron chi connectivity index (χ0n) is 6.03. The van der Waals surface area contributed by atoms with Gasteiger partial charge in [0.25, 0.3) is 0 Å². The van der Waals surface area contributed by atoms with Gasteiger partial charge in [-0.1, -0.05) is 5.16 Å². The maximum atomic E-state index is 12.9. The number of hydrogen-bond donors (Lipinski definition) is 3. The van der Waals surface area contributed by atoms with Crippen molar-refractivity contribution in [3.63, 3.8) is 0 Å². The molecule has 0 radical (unpaired) electrons. The summed E-state index contributed by atoms with van der Waals surface area (Å²) < 4.78 is 12.9. The van der Waals surface area contributed by atoms with Crippen LogP contribution in [-0.2, 0) is 0 Å². The second-order valence-electron chi connectivity index (χ2n) is 2.15. The fourth-order valence-corrected chi connectivity index (χ4v) is 0.766. The number of phenolic OH excluding ortho intramolecular Hbond substituents is 1. The Balaban J connectivity index is 3.18. The molecule has 64 valence electrons. The summed E-state index contributed by atoms with van der Waals surface area (Å²) in [6, 6.07) is 3.35. The number of amidine groups is 1. The van der Waals surface area contributed by atoms with Crippen LogP contribution in [0.3, 0.4) is 0 Å². The molecule has 1 rings (SSSR count). The smallest absolute Gasteiger partial charge is 0.173 e. The van der Waals surface area contributed by atoms with E-state index in [1.165, 1.54) is 12.1 Å². The molecule has 4 nitrogen and oxygen atoms in total. The van der Waals surface area contributed by atoms with Crippen molar-refractivity contribution < 1.29 is 14.7 Å². The van der Waals surface area contributed by atoms with Gasteiger partial charge >= 0.3 is 0 Å². The largest absolute Gasteiger partial charge is 0.508 e. The molecule has 0 aliphatic carbocycles. The number of halogens is 1. The summed E-state index contributed by atoms with van der Waals surface area (Å²) in [5.74, 6) is -1.26. The molecule has 0 heterocycles. The molecule has 0 amide bonds. The standard InChI is InChI=1S/C7H7FN2O2/c8-6-3-4(11)1-2-5(6)7(9)10-12/h1-3,11-12H,(H2,9,10). The van der Waals surface area contributed by atoms with Gasteiger partial charge in [-0.25, -0.2) is 4.39 Å². The Morgan fingerprint density at radius 2 is 2.17 bits per heavy atom. The summed E-state index contributed by atoms with van der Waals surface area (Å²) in [6.45, 7) is 0. The molecule has 1 aromatic rings. The molecule has 0 saturated heterocycles. The number of hydrogen-bond acceptors (Lipinski definition) is 3. The zero-order valence-corrected chi connectivity index (χ0v) is 6.03. The zero-order chi connectivity index (χ0) is 9.14. The van der Waals surface area contributed by atoms with Crippen molar-refractivity contribution in [3.8, 4) is 5.75 Å². The Morgan fingerprint density at radius 3 is 2.67 bits per heavy atom. The summed E-state index contributed by atoms with van der Waals surface area (Å²) in [6.07, 6.45) is 0. The molecule has 1 aromatic carbocycles. The van der Waals surface area contributed by atoms with E-state index < -0.39 is 5.82 Å². The number of nitrogens with two attached hydrogens (primary N) is 1. The Bertz CT molecular complexity index is 325. The summed E-state index contributed by atoms with van der Waals surface area (Å²) in [4.78, 5) is 0. The van der Waals surface area contributed by atoms with Gasteiger partial charge in [0.1, 0.15) is 11.6 Å². The van der Waals surface area contributed by atoms with Crippen molar-refractivity contribution >= 4 is 5.84 Å². The van der Waals surface area contributed by atoms with Gasteiger partial charge < -0.3 is 16.0 Å². The van der Waals surface area contributed by atoms with E-state index in [0.717, 1.165) is 6.07 Å². The van der Waals surface area contributed by atoms with Crippen LogP contribution in [0.4, 0.5) is 4.39 Å². The Hall–Kier alpha value is -1.78. The van der Waals surface area contributed by atoms with Crippen LogP contribution < -0.4 is 5.73 Å². The van der Waals surface area contributed by atoms with Gasteiger partial charge in [0.2, 0.25) is 0 Å². The third kappa shape index (κ3) is 1.45. The topological polar surface area (TPSA) is 78.8 Å². The molecule has 5 heteroatoms. The molecule has 0 aliphatic heterocycles. The van der Waals surface area contributed by atoms with Crippen molar-refractivity contribution in [1.82, 2.24) is 0 Å². The number of benzene rings is 1. The molecule has 0 spiro atoms. The minimum atomic E-state index is -0.731. The van der Waals surface area contributed by atoms with Gasteiger partial charge in [-0.3, -0.25) is 0 Å². The number of phenols is 1. The summed E-state index contributed by atoms with van der Waals surface area (Å²) in [5.41, 5.74) is 5.08. The van der Waals surface area contributed by atoms with Crippen LogP contribution in [0.25, 0.3) is 0 Å². The molecule has 0 bridgehead atoms. The van der Waals surface area contributed by atoms with Gasteiger partial charge in [-0.2, -0.15) is 0 Å². The van der Waals surface area contributed by atoms with Crippen LogP contribution in [0.1, 0.15) is 5.56 Å². The van der Waals surface area contributed by atoms with E-state index in [1.54, 1.807) is 0 Å². The highest BCUT2D eigenvalue weighted by molar-refractivity contribution is 5.97. The molecular weight excluding hydrogens is 163 g/mol. The summed E-state index contributed by atoms with van der Waals surface area (Å²) in [7, 11) is 0. The SMILES string of the molecule is NC(=NO)c1ccc(O)cc1F. The highest BCUT2D eigenvalue weighted by Crippen LogP contribution is 2.14. The van der Waals surface area contributed by atoms with Crippen LogP contribution in [0.5, 0.6) is 5.75 Å². The number of oxime groups is 1. The maximum absolute atomic E-state index is 12.9. The monoisotopic (exact) mass is 170 g/mol. The summed E-state index contributed by atoms with van der Waals surface area (Å²) >= 11 is 0. The van der Waals surface area contributed by atoms with Gasteiger partial charge in [0.05, 0.1) is 5.56 Å². The minimum absolute atomic E-state index is 0.0460. The second kappa shape index (κ2) is 3.08. The highest BCUT2D eigenvalue weighted by Gasteiger charge is 2.06. The molecule has 0 aliphatic rings. The lowest BCUT2D eigenvalue weighted by molar-refractivity contribution is 0.318. The molecule has 0 unspecified atom stereocenters. The number of nitrogens with zero attached hydrogens (tertiary/aromatic N) is 1. The Labute approximate surface area is 67.7 Å².